The molecule has 0 bridgehead atoms. The number of aromatic amines is 1. The molecule has 2 heterocycles. The van der Waals surface area contributed by atoms with E-state index in [2.05, 4.69) is 20.0 Å². The number of thiazole rings is 1. The molecule has 0 saturated heterocycles. The lowest BCUT2D eigenvalue weighted by molar-refractivity contribution is -0.119. The number of esters is 1. The fourth-order valence-corrected chi connectivity index (χ4v) is 4.92. The Bertz CT molecular complexity index is 1660. The Morgan fingerprint density at radius 3 is 2.23 bits per heavy atom. The number of carbonyl (C=O) groups is 2. The standard InChI is InChI=1S/C29H24N4O5S/c1-38-27(36)22-17-39-28(30-22)32-25(34)23(16-18-12-14-20(15-13-18)19-8-4-2-5-9-19)33-26(35)24(31-29(33)37)21-10-6-3-7-11-21/h2-15,17,23,35H,16H2,1H3,(H,31,37)(H,30,32,34)/t23-/m0/s1. The van der Waals surface area contributed by atoms with Gasteiger partial charge in [0.05, 0.1) is 7.11 Å². The fraction of sp³-hybridized carbons (Fsp3) is 0.103. The van der Waals surface area contributed by atoms with Gasteiger partial charge in [0.1, 0.15) is 11.7 Å². The number of ether oxygens (including phenoxy) is 1. The molecule has 2 aromatic heterocycles. The first-order valence-corrected chi connectivity index (χ1v) is 12.9. The van der Waals surface area contributed by atoms with Crippen LogP contribution in [0.3, 0.4) is 0 Å². The first-order valence-electron chi connectivity index (χ1n) is 12.0. The van der Waals surface area contributed by atoms with Crippen molar-refractivity contribution in [1.82, 2.24) is 14.5 Å². The van der Waals surface area contributed by atoms with E-state index in [1.54, 1.807) is 24.3 Å². The summed E-state index contributed by atoms with van der Waals surface area (Å²) in [5.41, 5.74) is 3.06. The van der Waals surface area contributed by atoms with Crippen molar-refractivity contribution in [3.63, 3.8) is 0 Å². The normalized spacial score (nSPS) is 11.6. The van der Waals surface area contributed by atoms with Gasteiger partial charge in [-0.15, -0.1) is 11.3 Å². The zero-order chi connectivity index (χ0) is 27.4. The van der Waals surface area contributed by atoms with E-state index < -0.39 is 23.6 Å². The number of hydrogen-bond donors (Lipinski definition) is 3. The number of nitrogens with zero attached hydrogens (tertiary/aromatic N) is 2. The molecule has 9 nitrogen and oxygen atoms in total. The van der Waals surface area contributed by atoms with Crippen molar-refractivity contribution >= 4 is 28.3 Å². The molecule has 1 amide bonds. The van der Waals surface area contributed by atoms with Gasteiger partial charge in [-0.3, -0.25) is 4.79 Å². The third-order valence-corrected chi connectivity index (χ3v) is 6.96. The number of methoxy groups -OCH3 is 1. The molecular formula is C29H24N4O5S. The third-order valence-electron chi connectivity index (χ3n) is 6.20. The minimum absolute atomic E-state index is 0.0545. The summed E-state index contributed by atoms with van der Waals surface area (Å²) in [4.78, 5) is 45.2. The molecule has 5 rings (SSSR count). The summed E-state index contributed by atoms with van der Waals surface area (Å²) in [5.74, 6) is -1.57. The van der Waals surface area contributed by atoms with Gasteiger partial charge in [0.25, 0.3) is 0 Å². The van der Waals surface area contributed by atoms with E-state index in [-0.39, 0.29) is 28.8 Å². The SMILES string of the molecule is COC(=O)c1csc(NC(=O)[C@H](Cc2ccc(-c3ccccc3)cc2)n2c(O)c(-c3ccccc3)[nH]c2=O)n1. The van der Waals surface area contributed by atoms with Crippen LogP contribution in [0.25, 0.3) is 22.4 Å². The monoisotopic (exact) mass is 540 g/mol. The molecule has 0 radical (unpaired) electrons. The predicted octanol–water partition coefficient (Wildman–Crippen LogP) is 4.88. The lowest BCUT2D eigenvalue weighted by Crippen LogP contribution is -2.33. The number of nitrogens with one attached hydrogen (secondary N) is 2. The number of aromatic hydroxyl groups is 1. The molecule has 5 aromatic rings. The smallest absolute Gasteiger partial charge is 0.357 e. The number of aromatic nitrogens is 3. The molecule has 3 N–H and O–H groups in total. The van der Waals surface area contributed by atoms with Gasteiger partial charge < -0.3 is 20.1 Å². The highest BCUT2D eigenvalue weighted by atomic mass is 32.1. The van der Waals surface area contributed by atoms with Crippen molar-refractivity contribution in [2.45, 2.75) is 12.5 Å². The van der Waals surface area contributed by atoms with Crippen LogP contribution in [0, 0.1) is 0 Å². The number of amides is 1. The molecular weight excluding hydrogens is 516 g/mol. The van der Waals surface area contributed by atoms with Crippen LogP contribution in [-0.4, -0.2) is 38.6 Å². The molecule has 39 heavy (non-hydrogen) atoms. The molecule has 10 heteroatoms. The number of imidazole rings is 1. The Balaban J connectivity index is 1.49. The quantitative estimate of drug-likeness (QED) is 0.241. The zero-order valence-corrected chi connectivity index (χ0v) is 21.6. The molecule has 0 unspecified atom stereocenters. The molecule has 196 valence electrons. The average molecular weight is 541 g/mol. The lowest BCUT2D eigenvalue weighted by Gasteiger charge is -2.18. The van der Waals surface area contributed by atoms with Crippen LogP contribution in [0.4, 0.5) is 5.13 Å². The van der Waals surface area contributed by atoms with E-state index in [4.69, 9.17) is 0 Å². The van der Waals surface area contributed by atoms with Crippen molar-refractivity contribution < 1.29 is 19.4 Å². The summed E-state index contributed by atoms with van der Waals surface area (Å²) in [6.07, 6.45) is 0.107. The van der Waals surface area contributed by atoms with Crippen LogP contribution in [0.5, 0.6) is 5.88 Å². The van der Waals surface area contributed by atoms with Crippen LogP contribution < -0.4 is 11.0 Å². The molecule has 0 fully saturated rings. The second kappa shape index (κ2) is 11.2. The van der Waals surface area contributed by atoms with E-state index in [9.17, 15) is 19.5 Å². The Morgan fingerprint density at radius 1 is 0.974 bits per heavy atom. The van der Waals surface area contributed by atoms with Gasteiger partial charge in [0, 0.05) is 17.4 Å². The highest BCUT2D eigenvalue weighted by Crippen LogP contribution is 2.30. The van der Waals surface area contributed by atoms with E-state index in [1.165, 1.54) is 12.5 Å². The van der Waals surface area contributed by atoms with E-state index in [0.29, 0.717) is 5.56 Å². The Kier molecular flexibility index (Phi) is 7.37. The van der Waals surface area contributed by atoms with Crippen molar-refractivity contribution in [2.75, 3.05) is 12.4 Å². The molecule has 0 aliphatic rings. The average Bonchev–Trinajstić information content (AvgIpc) is 3.56. The summed E-state index contributed by atoms with van der Waals surface area (Å²) < 4.78 is 5.72. The summed E-state index contributed by atoms with van der Waals surface area (Å²) in [6, 6.07) is 25.3. The van der Waals surface area contributed by atoms with Gasteiger partial charge >= 0.3 is 11.7 Å². The van der Waals surface area contributed by atoms with E-state index in [1.807, 2.05) is 60.7 Å². The lowest BCUT2D eigenvalue weighted by atomic mass is 10.00. The van der Waals surface area contributed by atoms with Crippen LogP contribution in [-0.2, 0) is 16.0 Å². The minimum atomic E-state index is -1.13. The first-order chi connectivity index (χ1) is 18.9. The summed E-state index contributed by atoms with van der Waals surface area (Å²) >= 11 is 1.05. The van der Waals surface area contributed by atoms with Crippen molar-refractivity contribution in [2.24, 2.45) is 0 Å². The molecule has 3 aromatic carbocycles. The second-order valence-electron chi connectivity index (χ2n) is 8.67. The Hall–Kier alpha value is -4.96. The molecule has 0 saturated carbocycles. The van der Waals surface area contributed by atoms with E-state index >= 15 is 0 Å². The van der Waals surface area contributed by atoms with Gasteiger partial charge in [0.15, 0.2) is 10.8 Å². The predicted molar refractivity (Wildman–Crippen MR) is 149 cm³/mol. The van der Waals surface area contributed by atoms with Crippen LogP contribution in [0.2, 0.25) is 0 Å². The summed E-state index contributed by atoms with van der Waals surface area (Å²) in [7, 11) is 1.24. The fourth-order valence-electron chi connectivity index (χ4n) is 4.24. The molecule has 0 spiro atoms. The molecule has 1 atom stereocenters. The highest BCUT2D eigenvalue weighted by molar-refractivity contribution is 7.14. The van der Waals surface area contributed by atoms with E-state index in [0.717, 1.165) is 32.6 Å². The maximum absolute atomic E-state index is 13.6. The van der Waals surface area contributed by atoms with Crippen LogP contribution in [0.15, 0.2) is 95.1 Å². The largest absolute Gasteiger partial charge is 0.493 e. The number of anilines is 1. The molecule has 0 aliphatic carbocycles. The first kappa shape index (κ1) is 25.7. The van der Waals surface area contributed by atoms with Crippen molar-refractivity contribution in [3.8, 4) is 28.3 Å². The number of H-pyrrole nitrogens is 1. The third kappa shape index (κ3) is 5.51. The number of hydrogen-bond acceptors (Lipinski definition) is 7. The molecule has 0 aliphatic heterocycles. The topological polar surface area (TPSA) is 126 Å². The minimum Gasteiger partial charge on any atom is -0.493 e. The van der Waals surface area contributed by atoms with Crippen molar-refractivity contribution in [3.05, 3.63) is 112 Å². The van der Waals surface area contributed by atoms with Gasteiger partial charge in [-0.05, 0) is 16.7 Å². The van der Waals surface area contributed by atoms with Crippen LogP contribution in [0.1, 0.15) is 22.1 Å². The number of benzene rings is 3. The Morgan fingerprint density at radius 2 is 1.59 bits per heavy atom. The van der Waals surface area contributed by atoms with Crippen LogP contribution >= 0.6 is 11.3 Å². The number of rotatable bonds is 8. The highest BCUT2D eigenvalue weighted by Gasteiger charge is 2.29. The van der Waals surface area contributed by atoms with Gasteiger partial charge in [-0.2, -0.15) is 0 Å². The maximum atomic E-state index is 13.6. The summed E-state index contributed by atoms with van der Waals surface area (Å²) in [6.45, 7) is 0. The van der Waals surface area contributed by atoms with Crippen molar-refractivity contribution in [1.29, 1.82) is 0 Å². The second-order valence-corrected chi connectivity index (χ2v) is 9.52. The Labute approximate surface area is 227 Å². The zero-order valence-electron chi connectivity index (χ0n) is 20.8. The number of carbonyl (C=O) groups excluding carboxylic acids is 2. The van der Waals surface area contributed by atoms with Gasteiger partial charge in [0.2, 0.25) is 11.8 Å². The van der Waals surface area contributed by atoms with Gasteiger partial charge in [-0.1, -0.05) is 84.9 Å². The van der Waals surface area contributed by atoms with Gasteiger partial charge in [-0.25, -0.2) is 19.1 Å². The maximum Gasteiger partial charge on any atom is 0.357 e. The summed E-state index contributed by atoms with van der Waals surface area (Å²) in [5, 5.41) is 15.4.